The molecule has 2 aromatic carbocycles. The summed E-state index contributed by atoms with van der Waals surface area (Å²) in [5.41, 5.74) is 1.24. The molecule has 1 amide bonds. The highest BCUT2D eigenvalue weighted by Crippen LogP contribution is 2.21. The van der Waals surface area contributed by atoms with Crippen LogP contribution in [0.15, 0.2) is 53.0 Å². The molecule has 0 fully saturated rings. The van der Waals surface area contributed by atoms with Gasteiger partial charge >= 0.3 is 0 Å². The fourth-order valence-corrected chi connectivity index (χ4v) is 2.47. The molecule has 0 unspecified atom stereocenters. The van der Waals surface area contributed by atoms with Gasteiger partial charge in [0.15, 0.2) is 5.11 Å². The highest BCUT2D eigenvalue weighted by atomic mass is 79.9. The van der Waals surface area contributed by atoms with Crippen LogP contribution in [-0.4, -0.2) is 17.6 Å². The summed E-state index contributed by atoms with van der Waals surface area (Å²) in [7, 11) is 0. The smallest absolute Gasteiger partial charge is 0.261 e. The second-order valence-electron chi connectivity index (χ2n) is 4.73. The summed E-state index contributed by atoms with van der Waals surface area (Å²) in [5, 5.41) is 5.88. The number of halogens is 1. The van der Waals surface area contributed by atoms with Gasteiger partial charge in [0.2, 0.25) is 0 Å². The van der Waals surface area contributed by atoms with Gasteiger partial charge in [-0.05, 0) is 58.8 Å². The summed E-state index contributed by atoms with van der Waals surface area (Å²) in [6, 6.07) is 14.6. The Hall–Kier alpha value is -1.92. The largest absolute Gasteiger partial charge is 0.493 e. The molecule has 0 aliphatic rings. The predicted molar refractivity (Wildman–Crippen MR) is 100 cm³/mol. The van der Waals surface area contributed by atoms with Crippen molar-refractivity contribution >= 4 is 44.9 Å². The van der Waals surface area contributed by atoms with Gasteiger partial charge in [-0.25, -0.2) is 0 Å². The van der Waals surface area contributed by atoms with Crippen molar-refractivity contribution in [1.29, 1.82) is 0 Å². The summed E-state index contributed by atoms with van der Waals surface area (Å²) in [5.74, 6) is 0.247. The van der Waals surface area contributed by atoms with E-state index in [-0.39, 0.29) is 11.0 Å². The van der Waals surface area contributed by atoms with Gasteiger partial charge in [-0.15, -0.1) is 0 Å². The average molecular weight is 393 g/mol. The highest BCUT2D eigenvalue weighted by molar-refractivity contribution is 9.10. The SMILES string of the molecule is CCCOc1ccccc1C(=O)NC(=S)Nc1ccccc1Br. The van der Waals surface area contributed by atoms with Crippen LogP contribution in [0.25, 0.3) is 0 Å². The van der Waals surface area contributed by atoms with E-state index in [9.17, 15) is 4.79 Å². The van der Waals surface area contributed by atoms with Crippen molar-refractivity contribution in [3.05, 3.63) is 58.6 Å². The third-order valence-corrected chi connectivity index (χ3v) is 3.84. The Labute approximate surface area is 149 Å². The quantitative estimate of drug-likeness (QED) is 0.741. The van der Waals surface area contributed by atoms with Gasteiger partial charge in [0.05, 0.1) is 17.9 Å². The third-order valence-electron chi connectivity index (χ3n) is 2.94. The summed E-state index contributed by atoms with van der Waals surface area (Å²) in [6.07, 6.45) is 0.873. The van der Waals surface area contributed by atoms with E-state index in [0.717, 1.165) is 16.6 Å². The van der Waals surface area contributed by atoms with E-state index in [4.69, 9.17) is 17.0 Å². The topological polar surface area (TPSA) is 50.4 Å². The molecule has 0 heterocycles. The zero-order valence-corrected chi connectivity index (χ0v) is 15.0. The number of hydrogen-bond acceptors (Lipinski definition) is 3. The fourth-order valence-electron chi connectivity index (χ4n) is 1.88. The summed E-state index contributed by atoms with van der Waals surface area (Å²) in [6.45, 7) is 2.57. The lowest BCUT2D eigenvalue weighted by Gasteiger charge is -2.13. The second kappa shape index (κ2) is 8.64. The maximum absolute atomic E-state index is 12.4. The number of rotatable bonds is 5. The normalized spacial score (nSPS) is 10.0. The van der Waals surface area contributed by atoms with Crippen LogP contribution in [0, 0.1) is 0 Å². The summed E-state index contributed by atoms with van der Waals surface area (Å²) in [4.78, 5) is 12.4. The zero-order chi connectivity index (χ0) is 16.7. The number of para-hydroxylation sites is 2. The minimum atomic E-state index is -0.304. The van der Waals surface area contributed by atoms with E-state index >= 15 is 0 Å². The number of hydrogen-bond donors (Lipinski definition) is 2. The van der Waals surface area contributed by atoms with E-state index in [1.165, 1.54) is 0 Å². The van der Waals surface area contributed by atoms with Crippen LogP contribution >= 0.6 is 28.1 Å². The highest BCUT2D eigenvalue weighted by Gasteiger charge is 2.13. The van der Waals surface area contributed by atoms with E-state index < -0.39 is 0 Å². The van der Waals surface area contributed by atoms with Crippen LogP contribution in [0.4, 0.5) is 5.69 Å². The third kappa shape index (κ3) is 5.04. The maximum Gasteiger partial charge on any atom is 0.261 e. The molecular weight excluding hydrogens is 376 g/mol. The number of amides is 1. The Bertz CT molecular complexity index is 706. The number of anilines is 1. The number of ether oxygens (including phenoxy) is 1. The van der Waals surface area contributed by atoms with Crippen LogP contribution in [0.1, 0.15) is 23.7 Å². The first-order valence-corrected chi connectivity index (χ1v) is 8.40. The molecule has 6 heteroatoms. The Balaban J connectivity index is 2.04. The number of carbonyl (C=O) groups is 1. The molecule has 2 aromatic rings. The van der Waals surface area contributed by atoms with Crippen molar-refractivity contribution in [2.24, 2.45) is 0 Å². The maximum atomic E-state index is 12.4. The lowest BCUT2D eigenvalue weighted by Crippen LogP contribution is -2.34. The molecule has 120 valence electrons. The van der Waals surface area contributed by atoms with E-state index in [1.807, 2.05) is 37.3 Å². The van der Waals surface area contributed by atoms with Gasteiger partial charge in [-0.2, -0.15) is 0 Å². The Morgan fingerprint density at radius 3 is 2.61 bits per heavy atom. The number of carbonyl (C=O) groups excluding carboxylic acids is 1. The molecular formula is C17H17BrN2O2S. The van der Waals surface area contributed by atoms with Gasteiger partial charge < -0.3 is 10.1 Å². The van der Waals surface area contributed by atoms with Gasteiger partial charge in [-0.3, -0.25) is 10.1 Å². The van der Waals surface area contributed by atoms with Crippen molar-refractivity contribution in [3.8, 4) is 5.75 Å². The van der Waals surface area contributed by atoms with Gasteiger partial charge in [-0.1, -0.05) is 31.2 Å². The molecule has 4 nitrogen and oxygen atoms in total. The van der Waals surface area contributed by atoms with Crippen LogP contribution in [-0.2, 0) is 0 Å². The predicted octanol–water partition coefficient (Wildman–Crippen LogP) is 4.36. The van der Waals surface area contributed by atoms with Gasteiger partial charge in [0.25, 0.3) is 5.91 Å². The molecule has 0 saturated heterocycles. The fraction of sp³-hybridized carbons (Fsp3) is 0.176. The van der Waals surface area contributed by atoms with Crippen LogP contribution in [0.2, 0.25) is 0 Å². The van der Waals surface area contributed by atoms with Crippen LogP contribution in [0.3, 0.4) is 0 Å². The molecule has 0 aromatic heterocycles. The number of thiocarbonyl (C=S) groups is 1. The minimum Gasteiger partial charge on any atom is -0.493 e. The van der Waals surface area contributed by atoms with Crippen molar-refractivity contribution in [3.63, 3.8) is 0 Å². The molecule has 0 aliphatic heterocycles. The van der Waals surface area contributed by atoms with E-state index in [0.29, 0.717) is 17.9 Å². The molecule has 23 heavy (non-hydrogen) atoms. The molecule has 2 N–H and O–H groups in total. The molecule has 0 bridgehead atoms. The van der Waals surface area contributed by atoms with Gasteiger partial charge in [0, 0.05) is 4.47 Å². The Kier molecular flexibility index (Phi) is 6.55. The molecule has 0 saturated carbocycles. The van der Waals surface area contributed by atoms with E-state index in [1.54, 1.807) is 18.2 Å². The monoisotopic (exact) mass is 392 g/mol. The molecule has 0 atom stereocenters. The Morgan fingerprint density at radius 2 is 1.87 bits per heavy atom. The average Bonchev–Trinajstić information content (AvgIpc) is 2.55. The van der Waals surface area contributed by atoms with Crippen LogP contribution < -0.4 is 15.4 Å². The first kappa shape index (κ1) is 17.4. The van der Waals surface area contributed by atoms with Gasteiger partial charge in [0.1, 0.15) is 5.75 Å². The van der Waals surface area contributed by atoms with Crippen LogP contribution in [0.5, 0.6) is 5.75 Å². The number of benzene rings is 2. The van der Waals surface area contributed by atoms with Crippen molar-refractivity contribution in [2.75, 3.05) is 11.9 Å². The van der Waals surface area contributed by atoms with Crippen molar-refractivity contribution < 1.29 is 9.53 Å². The van der Waals surface area contributed by atoms with E-state index in [2.05, 4.69) is 26.6 Å². The molecule has 0 aliphatic carbocycles. The lowest BCUT2D eigenvalue weighted by atomic mass is 10.2. The first-order chi connectivity index (χ1) is 11.1. The minimum absolute atomic E-state index is 0.229. The summed E-state index contributed by atoms with van der Waals surface area (Å²) >= 11 is 8.62. The first-order valence-electron chi connectivity index (χ1n) is 7.20. The standard InChI is InChI=1S/C17H17BrN2O2S/c1-2-11-22-15-10-6-3-7-12(15)16(21)20-17(23)19-14-9-5-4-8-13(14)18/h3-10H,2,11H2,1H3,(H2,19,20,21,23). The molecule has 2 rings (SSSR count). The second-order valence-corrected chi connectivity index (χ2v) is 6.00. The summed E-state index contributed by atoms with van der Waals surface area (Å²) < 4.78 is 6.46. The Morgan fingerprint density at radius 1 is 1.17 bits per heavy atom. The van der Waals surface area contributed by atoms with Crippen molar-refractivity contribution in [2.45, 2.75) is 13.3 Å². The zero-order valence-electron chi connectivity index (χ0n) is 12.6. The molecule has 0 radical (unpaired) electrons. The lowest BCUT2D eigenvalue weighted by molar-refractivity contribution is 0.0973. The number of nitrogens with one attached hydrogen (secondary N) is 2. The molecule has 0 spiro atoms. The van der Waals surface area contributed by atoms with Crippen molar-refractivity contribution in [1.82, 2.24) is 5.32 Å².